The summed E-state index contributed by atoms with van der Waals surface area (Å²) in [6.45, 7) is 5.59. The maximum atomic E-state index is 11.9. The highest BCUT2D eigenvalue weighted by atomic mass is 16.4. The molecule has 0 unspecified atom stereocenters. The summed E-state index contributed by atoms with van der Waals surface area (Å²) >= 11 is 0. The zero-order valence-corrected chi connectivity index (χ0v) is 15.3. The van der Waals surface area contributed by atoms with Crippen molar-refractivity contribution in [1.82, 2.24) is 5.32 Å². The van der Waals surface area contributed by atoms with Crippen molar-refractivity contribution in [3.05, 3.63) is 75.6 Å². The van der Waals surface area contributed by atoms with Crippen molar-refractivity contribution in [3.8, 4) is 5.75 Å². The second-order valence-corrected chi connectivity index (χ2v) is 6.57. The average Bonchev–Trinajstić information content (AvgIpc) is 2.65. The number of hydrogen-bond acceptors (Lipinski definition) is 4. The van der Waals surface area contributed by atoms with Crippen LogP contribution in [-0.2, 0) is 13.0 Å². The number of aromatic hydroxyl groups is 1. The summed E-state index contributed by atoms with van der Waals surface area (Å²) in [5, 5.41) is 14.4. The molecule has 0 radical (unpaired) electrons. The van der Waals surface area contributed by atoms with Crippen LogP contribution >= 0.6 is 0 Å². The van der Waals surface area contributed by atoms with Gasteiger partial charge in [0.1, 0.15) is 11.3 Å². The van der Waals surface area contributed by atoms with Gasteiger partial charge in [-0.25, -0.2) is 4.79 Å². The fourth-order valence-electron chi connectivity index (χ4n) is 3.34. The summed E-state index contributed by atoms with van der Waals surface area (Å²) < 4.78 is 5.26. The SMILES string of the molecule is CCc1cc2c(CNC[C@H](CC)c3ccccc3)cc(=O)oc2cc1O. The van der Waals surface area contributed by atoms with Crippen LogP contribution in [0.15, 0.2) is 57.7 Å². The standard InChI is InChI=1S/C22H25NO3/c1-3-15-10-19-18(11-22(25)26-21(19)12-20(15)24)14-23-13-16(4-2)17-8-6-5-7-9-17/h5-12,16,23-24H,3-4,13-14H2,1-2H3/t16-/m0/s1. The van der Waals surface area contributed by atoms with Crippen molar-refractivity contribution in [2.75, 3.05) is 6.54 Å². The Kier molecular flexibility index (Phi) is 5.74. The van der Waals surface area contributed by atoms with Crippen LogP contribution in [0, 0.1) is 0 Å². The van der Waals surface area contributed by atoms with Crippen LogP contribution in [0.2, 0.25) is 0 Å². The molecule has 1 atom stereocenters. The molecular formula is C22H25NO3. The van der Waals surface area contributed by atoms with Gasteiger partial charge in [0.25, 0.3) is 0 Å². The van der Waals surface area contributed by atoms with Crippen molar-refractivity contribution in [3.63, 3.8) is 0 Å². The van der Waals surface area contributed by atoms with E-state index < -0.39 is 5.63 Å². The first-order valence-corrected chi connectivity index (χ1v) is 9.16. The third-order valence-electron chi connectivity index (χ3n) is 4.88. The molecule has 0 aliphatic rings. The van der Waals surface area contributed by atoms with E-state index in [2.05, 4.69) is 36.5 Å². The minimum absolute atomic E-state index is 0.170. The molecule has 0 saturated heterocycles. The Morgan fingerprint density at radius 1 is 1.08 bits per heavy atom. The highest BCUT2D eigenvalue weighted by molar-refractivity contribution is 5.82. The van der Waals surface area contributed by atoms with Crippen LogP contribution in [-0.4, -0.2) is 11.7 Å². The number of benzene rings is 2. The van der Waals surface area contributed by atoms with Gasteiger partial charge in [-0.15, -0.1) is 0 Å². The van der Waals surface area contributed by atoms with Gasteiger partial charge in [0.15, 0.2) is 0 Å². The summed E-state index contributed by atoms with van der Waals surface area (Å²) in [6.07, 6.45) is 1.77. The van der Waals surface area contributed by atoms with E-state index in [1.165, 1.54) is 17.7 Å². The van der Waals surface area contributed by atoms with Crippen LogP contribution < -0.4 is 10.9 Å². The van der Waals surface area contributed by atoms with Gasteiger partial charge in [0, 0.05) is 30.6 Å². The molecule has 0 bridgehead atoms. The van der Waals surface area contributed by atoms with E-state index in [9.17, 15) is 9.90 Å². The third kappa shape index (κ3) is 3.97. The van der Waals surface area contributed by atoms with E-state index in [0.29, 0.717) is 18.0 Å². The summed E-state index contributed by atoms with van der Waals surface area (Å²) in [6, 6.07) is 15.4. The minimum Gasteiger partial charge on any atom is -0.508 e. The van der Waals surface area contributed by atoms with Crippen LogP contribution in [0.5, 0.6) is 5.75 Å². The van der Waals surface area contributed by atoms with Gasteiger partial charge >= 0.3 is 5.63 Å². The quantitative estimate of drug-likeness (QED) is 0.622. The molecule has 0 spiro atoms. The number of aryl methyl sites for hydroxylation is 1. The van der Waals surface area contributed by atoms with Crippen LogP contribution in [0.3, 0.4) is 0 Å². The Hall–Kier alpha value is -2.59. The monoisotopic (exact) mass is 351 g/mol. The van der Waals surface area contributed by atoms with E-state index in [0.717, 1.165) is 35.9 Å². The van der Waals surface area contributed by atoms with Gasteiger partial charge in [0.2, 0.25) is 0 Å². The van der Waals surface area contributed by atoms with E-state index in [4.69, 9.17) is 4.42 Å². The fourth-order valence-corrected chi connectivity index (χ4v) is 3.34. The normalized spacial score (nSPS) is 12.4. The van der Waals surface area contributed by atoms with Crippen LogP contribution in [0.4, 0.5) is 0 Å². The van der Waals surface area contributed by atoms with Crippen molar-refractivity contribution >= 4 is 11.0 Å². The fraction of sp³-hybridized carbons (Fsp3) is 0.318. The van der Waals surface area contributed by atoms with Crippen LogP contribution in [0.1, 0.15) is 42.9 Å². The number of nitrogens with one attached hydrogen (secondary N) is 1. The highest BCUT2D eigenvalue weighted by Gasteiger charge is 2.12. The molecule has 136 valence electrons. The molecule has 3 aromatic rings. The highest BCUT2D eigenvalue weighted by Crippen LogP contribution is 2.27. The van der Waals surface area contributed by atoms with E-state index in [1.54, 1.807) is 0 Å². The molecule has 3 rings (SSSR count). The first-order valence-electron chi connectivity index (χ1n) is 9.16. The largest absolute Gasteiger partial charge is 0.508 e. The van der Waals surface area contributed by atoms with Gasteiger partial charge in [-0.3, -0.25) is 0 Å². The topological polar surface area (TPSA) is 62.5 Å². The third-order valence-corrected chi connectivity index (χ3v) is 4.88. The molecule has 0 fully saturated rings. The summed E-state index contributed by atoms with van der Waals surface area (Å²) in [7, 11) is 0. The van der Waals surface area contributed by atoms with Gasteiger partial charge in [-0.05, 0) is 41.5 Å². The molecular weight excluding hydrogens is 326 g/mol. The molecule has 0 aliphatic heterocycles. The summed E-state index contributed by atoms with van der Waals surface area (Å²) in [5.41, 5.74) is 3.10. The summed E-state index contributed by atoms with van der Waals surface area (Å²) in [4.78, 5) is 11.9. The van der Waals surface area contributed by atoms with Gasteiger partial charge in [-0.1, -0.05) is 44.2 Å². The molecule has 1 heterocycles. The Labute approximate surface area is 153 Å². The Morgan fingerprint density at radius 3 is 2.54 bits per heavy atom. The van der Waals surface area contributed by atoms with E-state index in [1.807, 2.05) is 19.1 Å². The molecule has 4 heteroatoms. The number of hydrogen-bond donors (Lipinski definition) is 2. The first kappa shape index (κ1) is 18.2. The van der Waals surface area contributed by atoms with Crippen LogP contribution in [0.25, 0.3) is 11.0 Å². The van der Waals surface area contributed by atoms with Gasteiger partial charge in [-0.2, -0.15) is 0 Å². The van der Waals surface area contributed by atoms with Crippen molar-refractivity contribution in [2.45, 2.75) is 39.2 Å². The maximum Gasteiger partial charge on any atom is 0.336 e. The summed E-state index contributed by atoms with van der Waals surface area (Å²) in [5.74, 6) is 0.598. The zero-order chi connectivity index (χ0) is 18.5. The lowest BCUT2D eigenvalue weighted by molar-refractivity contribution is 0.466. The predicted molar refractivity (Wildman–Crippen MR) is 105 cm³/mol. The zero-order valence-electron chi connectivity index (χ0n) is 15.3. The molecule has 0 aliphatic carbocycles. The molecule has 26 heavy (non-hydrogen) atoms. The Balaban J connectivity index is 1.81. The van der Waals surface area contributed by atoms with E-state index >= 15 is 0 Å². The number of fused-ring (bicyclic) bond motifs is 1. The maximum absolute atomic E-state index is 11.9. The lowest BCUT2D eigenvalue weighted by atomic mass is 9.96. The number of rotatable bonds is 7. The lowest BCUT2D eigenvalue weighted by Gasteiger charge is -2.17. The predicted octanol–water partition coefficient (Wildman–Crippen LogP) is 4.34. The first-order chi connectivity index (χ1) is 12.6. The molecule has 4 nitrogen and oxygen atoms in total. The van der Waals surface area contributed by atoms with E-state index in [-0.39, 0.29) is 5.75 Å². The van der Waals surface area contributed by atoms with Gasteiger partial charge in [0.05, 0.1) is 0 Å². The smallest absolute Gasteiger partial charge is 0.336 e. The lowest BCUT2D eigenvalue weighted by Crippen LogP contribution is -2.21. The average molecular weight is 351 g/mol. The molecule has 2 N–H and O–H groups in total. The molecule has 1 aromatic heterocycles. The Bertz CT molecular complexity index is 931. The van der Waals surface area contributed by atoms with Gasteiger partial charge < -0.3 is 14.8 Å². The van der Waals surface area contributed by atoms with Crippen molar-refractivity contribution in [1.29, 1.82) is 0 Å². The second kappa shape index (κ2) is 8.19. The molecule has 0 saturated carbocycles. The minimum atomic E-state index is -0.395. The molecule has 0 amide bonds. The molecule has 2 aromatic carbocycles. The van der Waals surface area contributed by atoms with Crippen molar-refractivity contribution in [2.24, 2.45) is 0 Å². The van der Waals surface area contributed by atoms with Crippen molar-refractivity contribution < 1.29 is 9.52 Å². The number of phenolic OH excluding ortho intramolecular Hbond substituents is 1. The number of phenols is 1. The second-order valence-electron chi connectivity index (χ2n) is 6.57. The Morgan fingerprint density at radius 2 is 1.85 bits per heavy atom.